The summed E-state index contributed by atoms with van der Waals surface area (Å²) in [6.07, 6.45) is 2.37. The van der Waals surface area contributed by atoms with Crippen LogP contribution in [0.4, 0.5) is 11.9 Å². The van der Waals surface area contributed by atoms with Crippen LogP contribution in [0.3, 0.4) is 0 Å². The molecule has 16 heavy (non-hydrogen) atoms. The van der Waals surface area contributed by atoms with E-state index in [0.717, 1.165) is 19.0 Å². The molecule has 0 aliphatic carbocycles. The first-order valence-electron chi connectivity index (χ1n) is 5.53. The van der Waals surface area contributed by atoms with Crippen LogP contribution in [-0.2, 0) is 0 Å². The van der Waals surface area contributed by atoms with Crippen molar-refractivity contribution in [2.75, 3.05) is 30.8 Å². The van der Waals surface area contributed by atoms with Gasteiger partial charge in [0.1, 0.15) is 0 Å². The molecule has 0 spiro atoms. The summed E-state index contributed by atoms with van der Waals surface area (Å²) >= 11 is 0. The maximum atomic E-state index is 5.60. The van der Waals surface area contributed by atoms with Gasteiger partial charge >= 0.3 is 6.01 Å². The second kappa shape index (κ2) is 4.51. The molecule has 88 valence electrons. The monoisotopic (exact) mass is 223 g/mol. The lowest BCUT2D eigenvalue weighted by Crippen LogP contribution is -2.23. The van der Waals surface area contributed by atoms with Crippen LogP contribution in [0.2, 0.25) is 0 Å². The summed E-state index contributed by atoms with van der Waals surface area (Å²) in [5.41, 5.74) is 5.60. The van der Waals surface area contributed by atoms with Crippen molar-refractivity contribution in [1.82, 2.24) is 15.0 Å². The SMILES string of the molecule is CCC1CCN(c2nc(N)nc(OC)n2)C1. The van der Waals surface area contributed by atoms with Crippen molar-refractivity contribution in [2.24, 2.45) is 5.92 Å². The van der Waals surface area contributed by atoms with Crippen molar-refractivity contribution in [3.8, 4) is 6.01 Å². The van der Waals surface area contributed by atoms with E-state index in [4.69, 9.17) is 10.5 Å². The summed E-state index contributed by atoms with van der Waals surface area (Å²) in [5, 5.41) is 0. The summed E-state index contributed by atoms with van der Waals surface area (Å²) in [7, 11) is 1.53. The van der Waals surface area contributed by atoms with Gasteiger partial charge in [-0.25, -0.2) is 0 Å². The Hall–Kier alpha value is -1.59. The lowest BCUT2D eigenvalue weighted by Gasteiger charge is -2.16. The number of ether oxygens (including phenoxy) is 1. The number of rotatable bonds is 3. The summed E-state index contributed by atoms with van der Waals surface area (Å²) in [6.45, 7) is 4.17. The number of methoxy groups -OCH3 is 1. The van der Waals surface area contributed by atoms with Gasteiger partial charge in [-0.3, -0.25) is 0 Å². The van der Waals surface area contributed by atoms with Crippen molar-refractivity contribution >= 4 is 11.9 Å². The highest BCUT2D eigenvalue weighted by Crippen LogP contribution is 2.23. The number of nitrogens with zero attached hydrogens (tertiary/aromatic N) is 4. The first-order chi connectivity index (χ1) is 7.72. The zero-order valence-corrected chi connectivity index (χ0v) is 9.68. The Kier molecular flexibility index (Phi) is 3.07. The van der Waals surface area contributed by atoms with E-state index in [2.05, 4.69) is 26.8 Å². The minimum absolute atomic E-state index is 0.210. The molecule has 1 aliphatic rings. The summed E-state index contributed by atoms with van der Waals surface area (Å²) in [4.78, 5) is 14.3. The molecule has 0 saturated carbocycles. The molecule has 0 bridgehead atoms. The number of hydrogen-bond acceptors (Lipinski definition) is 6. The number of hydrogen-bond donors (Lipinski definition) is 1. The minimum Gasteiger partial charge on any atom is -0.467 e. The molecule has 2 rings (SSSR count). The first-order valence-corrected chi connectivity index (χ1v) is 5.53. The van der Waals surface area contributed by atoms with E-state index >= 15 is 0 Å². The Balaban J connectivity index is 2.17. The van der Waals surface area contributed by atoms with Gasteiger partial charge in [-0.05, 0) is 12.3 Å². The molecule has 1 fully saturated rings. The van der Waals surface area contributed by atoms with Gasteiger partial charge in [0.25, 0.3) is 0 Å². The fourth-order valence-corrected chi connectivity index (χ4v) is 1.94. The number of nitrogen functional groups attached to an aromatic ring is 1. The Morgan fingerprint density at radius 1 is 1.44 bits per heavy atom. The maximum Gasteiger partial charge on any atom is 0.322 e. The fourth-order valence-electron chi connectivity index (χ4n) is 1.94. The Labute approximate surface area is 94.9 Å². The van der Waals surface area contributed by atoms with Crippen LogP contribution < -0.4 is 15.4 Å². The average Bonchev–Trinajstić information content (AvgIpc) is 2.76. The minimum atomic E-state index is 0.210. The molecule has 0 amide bonds. The average molecular weight is 223 g/mol. The van der Waals surface area contributed by atoms with Gasteiger partial charge < -0.3 is 15.4 Å². The molecule has 1 aliphatic heterocycles. The van der Waals surface area contributed by atoms with E-state index in [0.29, 0.717) is 5.95 Å². The molecule has 1 aromatic rings. The van der Waals surface area contributed by atoms with E-state index in [1.54, 1.807) is 0 Å². The van der Waals surface area contributed by atoms with Crippen LogP contribution in [0, 0.1) is 5.92 Å². The zero-order chi connectivity index (χ0) is 11.5. The molecule has 1 unspecified atom stereocenters. The van der Waals surface area contributed by atoms with Gasteiger partial charge in [0, 0.05) is 13.1 Å². The summed E-state index contributed by atoms with van der Waals surface area (Å²) in [5.74, 6) is 1.56. The lowest BCUT2D eigenvalue weighted by molar-refractivity contribution is 0.379. The van der Waals surface area contributed by atoms with Crippen LogP contribution >= 0.6 is 0 Å². The van der Waals surface area contributed by atoms with Gasteiger partial charge in [0.15, 0.2) is 0 Å². The van der Waals surface area contributed by atoms with Crippen molar-refractivity contribution in [1.29, 1.82) is 0 Å². The highest BCUT2D eigenvalue weighted by molar-refractivity contribution is 5.37. The topological polar surface area (TPSA) is 77.2 Å². The van der Waals surface area contributed by atoms with Crippen LogP contribution in [0.15, 0.2) is 0 Å². The molecule has 1 saturated heterocycles. The largest absolute Gasteiger partial charge is 0.467 e. The van der Waals surface area contributed by atoms with Crippen molar-refractivity contribution < 1.29 is 4.74 Å². The first kappa shape index (κ1) is 10.9. The van der Waals surface area contributed by atoms with Gasteiger partial charge in [-0.2, -0.15) is 15.0 Å². The molecule has 2 N–H and O–H groups in total. The standard InChI is InChI=1S/C10H17N5O/c1-3-7-4-5-15(6-7)9-12-8(11)13-10(14-9)16-2/h7H,3-6H2,1-2H3,(H2,11,12,13,14). The Morgan fingerprint density at radius 2 is 2.25 bits per heavy atom. The van der Waals surface area contributed by atoms with Crippen molar-refractivity contribution in [2.45, 2.75) is 19.8 Å². The van der Waals surface area contributed by atoms with Crippen molar-refractivity contribution in [3.63, 3.8) is 0 Å². The second-order valence-electron chi connectivity index (χ2n) is 3.99. The fraction of sp³-hybridized carbons (Fsp3) is 0.700. The normalized spacial score (nSPS) is 20.1. The highest BCUT2D eigenvalue weighted by Gasteiger charge is 2.23. The van der Waals surface area contributed by atoms with Crippen LogP contribution in [0.25, 0.3) is 0 Å². The zero-order valence-electron chi connectivity index (χ0n) is 9.68. The Morgan fingerprint density at radius 3 is 2.88 bits per heavy atom. The second-order valence-corrected chi connectivity index (χ2v) is 3.99. The predicted octanol–water partition coefficient (Wildman–Crippen LogP) is 0.699. The van der Waals surface area contributed by atoms with Crippen molar-refractivity contribution in [3.05, 3.63) is 0 Å². The van der Waals surface area contributed by atoms with E-state index < -0.39 is 0 Å². The molecule has 6 nitrogen and oxygen atoms in total. The molecule has 0 aromatic carbocycles. The summed E-state index contributed by atoms with van der Waals surface area (Å²) in [6, 6.07) is 0.280. The lowest BCUT2D eigenvalue weighted by atomic mass is 10.1. The molecule has 2 heterocycles. The number of nitrogens with two attached hydrogens (primary N) is 1. The molecule has 6 heteroatoms. The van der Waals surface area contributed by atoms with E-state index in [-0.39, 0.29) is 12.0 Å². The molecule has 0 radical (unpaired) electrons. The van der Waals surface area contributed by atoms with Crippen LogP contribution in [-0.4, -0.2) is 35.2 Å². The van der Waals surface area contributed by atoms with Crippen LogP contribution in [0.5, 0.6) is 6.01 Å². The smallest absolute Gasteiger partial charge is 0.322 e. The third-order valence-corrected chi connectivity index (χ3v) is 2.95. The summed E-state index contributed by atoms with van der Waals surface area (Å²) < 4.78 is 4.98. The van der Waals surface area contributed by atoms with E-state index in [9.17, 15) is 0 Å². The molecule has 1 atom stereocenters. The van der Waals surface area contributed by atoms with Gasteiger partial charge in [-0.15, -0.1) is 0 Å². The van der Waals surface area contributed by atoms with Gasteiger partial charge in [0.05, 0.1) is 7.11 Å². The molecule has 1 aromatic heterocycles. The predicted molar refractivity (Wildman–Crippen MR) is 61.4 cm³/mol. The van der Waals surface area contributed by atoms with E-state index in [1.165, 1.54) is 20.0 Å². The van der Waals surface area contributed by atoms with Crippen LogP contribution in [0.1, 0.15) is 19.8 Å². The maximum absolute atomic E-state index is 5.60. The third-order valence-electron chi connectivity index (χ3n) is 2.95. The molecular formula is C10H17N5O. The Bertz CT molecular complexity index is 370. The highest BCUT2D eigenvalue weighted by atomic mass is 16.5. The van der Waals surface area contributed by atoms with Gasteiger partial charge in [0.2, 0.25) is 11.9 Å². The number of aromatic nitrogens is 3. The number of anilines is 2. The molecular weight excluding hydrogens is 206 g/mol. The van der Waals surface area contributed by atoms with Gasteiger partial charge in [-0.1, -0.05) is 13.3 Å². The van der Waals surface area contributed by atoms with E-state index in [1.807, 2.05) is 0 Å². The quantitative estimate of drug-likeness (QED) is 0.812. The third kappa shape index (κ3) is 2.15.